The molecular formula is C12H17N3O. The molecule has 0 atom stereocenters. The summed E-state index contributed by atoms with van der Waals surface area (Å²) in [6, 6.07) is 3.94. The Bertz CT molecular complexity index is 371. The van der Waals surface area contributed by atoms with E-state index < -0.39 is 0 Å². The van der Waals surface area contributed by atoms with E-state index in [1.165, 1.54) is 12.8 Å². The monoisotopic (exact) mass is 219 g/mol. The Morgan fingerprint density at radius 1 is 1.31 bits per heavy atom. The van der Waals surface area contributed by atoms with Gasteiger partial charge in [-0.1, -0.05) is 26.2 Å². The average Bonchev–Trinajstić information content (AvgIpc) is 2.28. The minimum absolute atomic E-state index is 0.313. The van der Waals surface area contributed by atoms with Crippen LogP contribution >= 0.6 is 0 Å². The molecule has 0 radical (unpaired) electrons. The molecule has 0 aromatic carbocycles. The maximum atomic E-state index is 8.73. The van der Waals surface area contributed by atoms with Crippen molar-refractivity contribution in [3.05, 3.63) is 17.5 Å². The first-order valence-corrected chi connectivity index (χ1v) is 5.65. The highest BCUT2D eigenvalue weighted by Crippen LogP contribution is 2.07. The molecule has 0 saturated carbocycles. The topological polar surface area (TPSA) is 58.8 Å². The lowest BCUT2D eigenvalue weighted by Gasteiger charge is -2.04. The molecule has 1 heterocycles. The van der Waals surface area contributed by atoms with Gasteiger partial charge >= 0.3 is 6.01 Å². The van der Waals surface area contributed by atoms with Crippen LogP contribution in [0.3, 0.4) is 0 Å². The maximum Gasteiger partial charge on any atom is 0.317 e. The van der Waals surface area contributed by atoms with Gasteiger partial charge in [-0.2, -0.15) is 10.2 Å². The van der Waals surface area contributed by atoms with Gasteiger partial charge in [0.1, 0.15) is 11.8 Å². The Hall–Kier alpha value is -1.63. The third kappa shape index (κ3) is 4.26. The normalized spacial score (nSPS) is 9.81. The van der Waals surface area contributed by atoms with Gasteiger partial charge in [0.05, 0.1) is 6.61 Å². The van der Waals surface area contributed by atoms with Gasteiger partial charge < -0.3 is 4.74 Å². The lowest BCUT2D eigenvalue weighted by molar-refractivity contribution is 0.281. The summed E-state index contributed by atoms with van der Waals surface area (Å²) in [5.41, 5.74) is 1.12. The van der Waals surface area contributed by atoms with Crippen molar-refractivity contribution in [1.29, 1.82) is 5.26 Å². The van der Waals surface area contributed by atoms with Crippen molar-refractivity contribution in [2.75, 3.05) is 6.61 Å². The Balaban J connectivity index is 2.42. The average molecular weight is 219 g/mol. The molecule has 4 nitrogen and oxygen atoms in total. The summed E-state index contributed by atoms with van der Waals surface area (Å²) in [5.74, 6) is 0. The fraction of sp³-hybridized carbons (Fsp3) is 0.583. The quantitative estimate of drug-likeness (QED) is 0.690. The van der Waals surface area contributed by atoms with Crippen molar-refractivity contribution in [3.63, 3.8) is 0 Å². The number of rotatable bonds is 6. The molecule has 1 rings (SSSR count). The molecule has 0 aliphatic carbocycles. The minimum Gasteiger partial charge on any atom is -0.463 e. The maximum absolute atomic E-state index is 8.73. The highest BCUT2D eigenvalue weighted by molar-refractivity contribution is 5.23. The lowest BCUT2D eigenvalue weighted by Crippen LogP contribution is -2.03. The molecule has 0 amide bonds. The van der Waals surface area contributed by atoms with Gasteiger partial charge in [-0.05, 0) is 19.4 Å². The van der Waals surface area contributed by atoms with Crippen LogP contribution in [0.5, 0.6) is 6.01 Å². The second kappa shape index (κ2) is 6.78. The summed E-state index contributed by atoms with van der Waals surface area (Å²) < 4.78 is 5.40. The number of aromatic nitrogens is 2. The summed E-state index contributed by atoms with van der Waals surface area (Å²) in [5, 5.41) is 8.73. The van der Waals surface area contributed by atoms with Crippen LogP contribution in [0.1, 0.15) is 44.0 Å². The molecule has 0 spiro atoms. The van der Waals surface area contributed by atoms with Gasteiger partial charge in [-0.3, -0.25) is 0 Å². The number of ether oxygens (including phenoxy) is 1. The van der Waals surface area contributed by atoms with Crippen molar-refractivity contribution in [1.82, 2.24) is 9.97 Å². The predicted octanol–water partition coefficient (Wildman–Crippen LogP) is 2.62. The van der Waals surface area contributed by atoms with Crippen LogP contribution in [-0.4, -0.2) is 16.6 Å². The largest absolute Gasteiger partial charge is 0.463 e. The number of nitrogens with zero attached hydrogens (tertiary/aromatic N) is 3. The second-order valence-electron chi connectivity index (χ2n) is 3.70. The first-order valence-electron chi connectivity index (χ1n) is 5.65. The first kappa shape index (κ1) is 12.4. The van der Waals surface area contributed by atoms with E-state index in [0.717, 1.165) is 18.5 Å². The first-order chi connectivity index (χ1) is 7.76. The molecule has 0 saturated heterocycles. The molecule has 4 heteroatoms. The zero-order valence-electron chi connectivity index (χ0n) is 9.86. The Morgan fingerprint density at radius 3 is 2.81 bits per heavy atom. The van der Waals surface area contributed by atoms with E-state index in [0.29, 0.717) is 18.3 Å². The fourth-order valence-corrected chi connectivity index (χ4v) is 1.36. The van der Waals surface area contributed by atoms with Crippen molar-refractivity contribution < 1.29 is 4.74 Å². The molecule has 16 heavy (non-hydrogen) atoms. The van der Waals surface area contributed by atoms with E-state index in [2.05, 4.69) is 16.9 Å². The van der Waals surface area contributed by atoms with Crippen LogP contribution in [0, 0.1) is 18.3 Å². The van der Waals surface area contributed by atoms with Crippen LogP contribution < -0.4 is 4.74 Å². The predicted molar refractivity (Wildman–Crippen MR) is 61.1 cm³/mol. The van der Waals surface area contributed by atoms with Crippen molar-refractivity contribution in [2.45, 2.75) is 39.5 Å². The molecule has 1 aromatic rings. The van der Waals surface area contributed by atoms with Crippen LogP contribution in [0.15, 0.2) is 6.07 Å². The zero-order chi connectivity index (χ0) is 11.8. The van der Waals surface area contributed by atoms with Gasteiger partial charge in [0.25, 0.3) is 0 Å². The molecule has 0 fully saturated rings. The van der Waals surface area contributed by atoms with Crippen LogP contribution in [0.25, 0.3) is 0 Å². The van der Waals surface area contributed by atoms with Crippen LogP contribution in [0.4, 0.5) is 0 Å². The highest BCUT2D eigenvalue weighted by atomic mass is 16.5. The van der Waals surface area contributed by atoms with Gasteiger partial charge in [0.2, 0.25) is 0 Å². The fourth-order valence-electron chi connectivity index (χ4n) is 1.36. The SMILES string of the molecule is CCCCCCOc1nc(C)cc(C#N)n1. The van der Waals surface area contributed by atoms with Crippen LogP contribution in [0.2, 0.25) is 0 Å². The number of nitriles is 1. The van der Waals surface area contributed by atoms with E-state index in [-0.39, 0.29) is 0 Å². The van der Waals surface area contributed by atoms with Crippen molar-refractivity contribution in [3.8, 4) is 12.1 Å². The van der Waals surface area contributed by atoms with Gasteiger partial charge in [-0.25, -0.2) is 4.98 Å². The van der Waals surface area contributed by atoms with Gasteiger partial charge in [0, 0.05) is 5.69 Å². The third-order valence-electron chi connectivity index (χ3n) is 2.18. The number of unbranched alkanes of at least 4 members (excludes halogenated alkanes) is 3. The molecule has 0 aliphatic rings. The van der Waals surface area contributed by atoms with Crippen molar-refractivity contribution in [2.24, 2.45) is 0 Å². The molecule has 0 unspecified atom stereocenters. The number of hydrogen-bond donors (Lipinski definition) is 0. The molecule has 1 aromatic heterocycles. The van der Waals surface area contributed by atoms with Crippen molar-refractivity contribution >= 4 is 0 Å². The minimum atomic E-state index is 0.313. The molecule has 0 bridgehead atoms. The standard InChI is InChI=1S/C12H17N3O/c1-3-4-5-6-7-16-12-14-10(2)8-11(9-13)15-12/h8H,3-7H2,1-2H3. The summed E-state index contributed by atoms with van der Waals surface area (Å²) >= 11 is 0. The molecule has 86 valence electrons. The van der Waals surface area contributed by atoms with Gasteiger partial charge in [0.15, 0.2) is 0 Å². The van der Waals surface area contributed by atoms with E-state index >= 15 is 0 Å². The zero-order valence-corrected chi connectivity index (χ0v) is 9.86. The Kier molecular flexibility index (Phi) is 5.27. The highest BCUT2D eigenvalue weighted by Gasteiger charge is 2.02. The number of hydrogen-bond acceptors (Lipinski definition) is 4. The summed E-state index contributed by atoms with van der Waals surface area (Å²) in [6.07, 6.45) is 4.60. The van der Waals surface area contributed by atoms with E-state index in [1.54, 1.807) is 6.07 Å². The Labute approximate surface area is 96.3 Å². The third-order valence-corrected chi connectivity index (χ3v) is 2.18. The Morgan fingerprint density at radius 2 is 2.12 bits per heavy atom. The molecule has 0 aliphatic heterocycles. The van der Waals surface area contributed by atoms with E-state index in [1.807, 2.05) is 13.0 Å². The molecule has 0 N–H and O–H groups in total. The smallest absolute Gasteiger partial charge is 0.317 e. The summed E-state index contributed by atoms with van der Waals surface area (Å²) in [7, 11) is 0. The molecular weight excluding hydrogens is 202 g/mol. The van der Waals surface area contributed by atoms with Crippen LogP contribution in [-0.2, 0) is 0 Å². The summed E-state index contributed by atoms with van der Waals surface area (Å²) in [6.45, 7) is 4.62. The van der Waals surface area contributed by atoms with Gasteiger partial charge in [-0.15, -0.1) is 0 Å². The van der Waals surface area contributed by atoms with E-state index in [9.17, 15) is 0 Å². The lowest BCUT2D eigenvalue weighted by atomic mass is 10.2. The van der Waals surface area contributed by atoms with E-state index in [4.69, 9.17) is 10.00 Å². The number of aryl methyl sites for hydroxylation is 1. The second-order valence-corrected chi connectivity index (χ2v) is 3.70. The summed E-state index contributed by atoms with van der Waals surface area (Å²) in [4.78, 5) is 8.09.